The number of carbonyl (C=O) groups is 1. The van der Waals surface area contributed by atoms with Gasteiger partial charge < -0.3 is 9.88 Å². The number of pyridine rings is 2. The van der Waals surface area contributed by atoms with E-state index in [9.17, 15) is 4.79 Å². The van der Waals surface area contributed by atoms with Gasteiger partial charge in [-0.05, 0) is 50.2 Å². The Labute approximate surface area is 170 Å². The number of benzene rings is 1. The number of amides is 1. The normalized spacial score (nSPS) is 11.1. The number of hydrogen-bond donors (Lipinski definition) is 1. The average molecular weight is 437 g/mol. The summed E-state index contributed by atoms with van der Waals surface area (Å²) in [6.45, 7) is 4.09. The third-order valence-electron chi connectivity index (χ3n) is 4.23. The van der Waals surface area contributed by atoms with E-state index >= 15 is 0 Å². The van der Waals surface area contributed by atoms with Crippen LogP contribution in [0.15, 0.2) is 59.3 Å². The molecule has 0 saturated carbocycles. The summed E-state index contributed by atoms with van der Waals surface area (Å²) in [5.41, 5.74) is 1.72. The molecule has 3 aromatic heterocycles. The molecule has 0 fully saturated rings. The van der Waals surface area contributed by atoms with Crippen LogP contribution in [-0.4, -0.2) is 30.6 Å². The van der Waals surface area contributed by atoms with E-state index in [1.165, 1.54) is 0 Å². The van der Waals surface area contributed by atoms with Crippen LogP contribution in [0.1, 0.15) is 30.4 Å². The van der Waals surface area contributed by atoms with Gasteiger partial charge >= 0.3 is 0 Å². The summed E-state index contributed by atoms with van der Waals surface area (Å²) >= 11 is 3.43. The number of carbonyl (C=O) groups excluding carboxylic acids is 1. The Balaban J connectivity index is 1.60. The van der Waals surface area contributed by atoms with Gasteiger partial charge in [0.15, 0.2) is 5.82 Å². The van der Waals surface area contributed by atoms with Gasteiger partial charge in [0.25, 0.3) is 5.91 Å². The van der Waals surface area contributed by atoms with Crippen LogP contribution >= 0.6 is 15.9 Å². The predicted octanol–water partition coefficient (Wildman–Crippen LogP) is 4.48. The molecule has 1 aromatic carbocycles. The van der Waals surface area contributed by atoms with Gasteiger partial charge in [-0.1, -0.05) is 28.1 Å². The quantitative estimate of drug-likeness (QED) is 0.509. The lowest BCUT2D eigenvalue weighted by Gasteiger charge is -2.10. The molecule has 28 heavy (non-hydrogen) atoms. The van der Waals surface area contributed by atoms with Crippen LogP contribution in [0.25, 0.3) is 22.4 Å². The maximum Gasteiger partial charge on any atom is 0.275 e. The van der Waals surface area contributed by atoms with Crippen molar-refractivity contribution < 1.29 is 4.79 Å². The lowest BCUT2D eigenvalue weighted by molar-refractivity contribution is 0.102. The molecule has 8 heteroatoms. The Kier molecular flexibility index (Phi) is 4.87. The molecule has 0 bridgehead atoms. The maximum atomic E-state index is 12.6. The minimum atomic E-state index is -0.320. The molecule has 4 aromatic rings. The van der Waals surface area contributed by atoms with Crippen molar-refractivity contribution in [2.24, 2.45) is 0 Å². The molecule has 0 atom stereocenters. The Hall–Kier alpha value is -3.13. The lowest BCUT2D eigenvalue weighted by Crippen LogP contribution is -2.15. The van der Waals surface area contributed by atoms with Crippen LogP contribution in [0.3, 0.4) is 0 Å². The van der Waals surface area contributed by atoms with Gasteiger partial charge in [0.1, 0.15) is 23.5 Å². The molecule has 3 heterocycles. The van der Waals surface area contributed by atoms with Crippen molar-refractivity contribution in [3.8, 4) is 11.5 Å². The summed E-state index contributed by atoms with van der Waals surface area (Å²) in [4.78, 5) is 21.6. The number of hydrogen-bond acceptors (Lipinski definition) is 5. The molecule has 7 nitrogen and oxygen atoms in total. The number of rotatable bonds is 4. The first-order valence-electron chi connectivity index (χ1n) is 8.76. The predicted molar refractivity (Wildman–Crippen MR) is 111 cm³/mol. The number of fused-ring (bicyclic) bond motifs is 1. The second-order valence-corrected chi connectivity index (χ2v) is 7.47. The van der Waals surface area contributed by atoms with E-state index in [4.69, 9.17) is 0 Å². The number of anilines is 1. The van der Waals surface area contributed by atoms with Crippen molar-refractivity contribution in [1.29, 1.82) is 0 Å². The van der Waals surface area contributed by atoms with Crippen molar-refractivity contribution in [3.63, 3.8) is 0 Å². The summed E-state index contributed by atoms with van der Waals surface area (Å²) in [6.07, 6.45) is 1.67. The molecule has 0 spiro atoms. The topological polar surface area (TPSA) is 85.6 Å². The molecular weight excluding hydrogens is 420 g/mol. The second kappa shape index (κ2) is 7.47. The fourth-order valence-corrected chi connectivity index (χ4v) is 3.21. The fourth-order valence-electron chi connectivity index (χ4n) is 2.84. The van der Waals surface area contributed by atoms with Gasteiger partial charge in [0, 0.05) is 15.9 Å². The third-order valence-corrected chi connectivity index (χ3v) is 4.73. The standard InChI is InChI=1S/C20H17BrN6O/c1-12(2)27-11-22-26-19(27)16-4-3-5-18(24-16)25-20(28)17-8-6-13-10-14(21)7-9-15(13)23-17/h3-12H,1-2H3,(H,24,25,28). The fraction of sp³-hybridized carbons (Fsp3) is 0.150. The molecule has 140 valence electrons. The largest absolute Gasteiger partial charge is 0.310 e. The summed E-state index contributed by atoms with van der Waals surface area (Å²) < 4.78 is 2.89. The lowest BCUT2D eigenvalue weighted by atomic mass is 10.2. The average Bonchev–Trinajstić information content (AvgIpc) is 3.18. The van der Waals surface area contributed by atoms with Crippen LogP contribution < -0.4 is 5.32 Å². The Morgan fingerprint density at radius 3 is 2.79 bits per heavy atom. The number of aromatic nitrogens is 5. The van der Waals surface area contributed by atoms with Gasteiger partial charge in [-0.25, -0.2) is 9.97 Å². The summed E-state index contributed by atoms with van der Waals surface area (Å²) in [5, 5.41) is 11.9. The molecule has 0 saturated heterocycles. The van der Waals surface area contributed by atoms with Gasteiger partial charge in [-0.2, -0.15) is 0 Å². The Morgan fingerprint density at radius 2 is 1.96 bits per heavy atom. The highest BCUT2D eigenvalue weighted by atomic mass is 79.9. The first kappa shape index (κ1) is 18.2. The van der Waals surface area contributed by atoms with E-state index in [0.29, 0.717) is 23.0 Å². The zero-order chi connectivity index (χ0) is 19.7. The summed E-state index contributed by atoms with van der Waals surface area (Å²) in [5.74, 6) is 0.763. The van der Waals surface area contributed by atoms with E-state index in [0.717, 1.165) is 15.4 Å². The SMILES string of the molecule is CC(C)n1cnnc1-c1cccc(NC(=O)c2ccc3cc(Br)ccc3n2)n1. The minimum absolute atomic E-state index is 0.201. The van der Waals surface area contributed by atoms with E-state index in [-0.39, 0.29) is 11.9 Å². The highest BCUT2D eigenvalue weighted by Crippen LogP contribution is 2.21. The highest BCUT2D eigenvalue weighted by molar-refractivity contribution is 9.10. The molecule has 1 N–H and O–H groups in total. The molecule has 1 amide bonds. The van der Waals surface area contributed by atoms with Crippen LogP contribution in [-0.2, 0) is 0 Å². The zero-order valence-electron chi connectivity index (χ0n) is 15.3. The summed E-state index contributed by atoms with van der Waals surface area (Å²) in [7, 11) is 0. The molecule has 0 aliphatic heterocycles. The van der Waals surface area contributed by atoms with Gasteiger partial charge in [0.05, 0.1) is 5.52 Å². The molecule has 0 radical (unpaired) electrons. The monoisotopic (exact) mass is 436 g/mol. The number of halogens is 1. The van der Waals surface area contributed by atoms with Crippen molar-refractivity contribution >= 4 is 38.6 Å². The van der Waals surface area contributed by atoms with E-state index in [2.05, 4.69) is 41.4 Å². The first-order chi connectivity index (χ1) is 13.5. The van der Waals surface area contributed by atoms with Crippen LogP contribution in [0, 0.1) is 0 Å². The van der Waals surface area contributed by atoms with Gasteiger partial charge in [-0.3, -0.25) is 4.79 Å². The number of nitrogens with one attached hydrogen (secondary N) is 1. The van der Waals surface area contributed by atoms with Crippen molar-refractivity contribution in [3.05, 3.63) is 65.0 Å². The van der Waals surface area contributed by atoms with Gasteiger partial charge in [0.2, 0.25) is 0 Å². The van der Waals surface area contributed by atoms with Crippen LogP contribution in [0.2, 0.25) is 0 Å². The smallest absolute Gasteiger partial charge is 0.275 e. The van der Waals surface area contributed by atoms with Crippen molar-refractivity contribution in [1.82, 2.24) is 24.7 Å². The minimum Gasteiger partial charge on any atom is -0.310 e. The zero-order valence-corrected chi connectivity index (χ0v) is 16.9. The Morgan fingerprint density at radius 1 is 1.11 bits per heavy atom. The highest BCUT2D eigenvalue weighted by Gasteiger charge is 2.14. The van der Waals surface area contributed by atoms with E-state index < -0.39 is 0 Å². The third kappa shape index (κ3) is 3.63. The van der Waals surface area contributed by atoms with E-state index in [1.807, 2.05) is 54.8 Å². The molecule has 4 rings (SSSR count). The molecule has 0 unspecified atom stereocenters. The summed E-state index contributed by atoms with van der Waals surface area (Å²) in [6, 6.07) is 14.9. The molecular formula is C20H17BrN6O. The molecule has 0 aliphatic carbocycles. The number of nitrogens with zero attached hydrogens (tertiary/aromatic N) is 5. The van der Waals surface area contributed by atoms with Crippen LogP contribution in [0.4, 0.5) is 5.82 Å². The molecule has 0 aliphatic rings. The van der Waals surface area contributed by atoms with Crippen LogP contribution in [0.5, 0.6) is 0 Å². The second-order valence-electron chi connectivity index (χ2n) is 6.55. The maximum absolute atomic E-state index is 12.6. The van der Waals surface area contributed by atoms with E-state index in [1.54, 1.807) is 18.5 Å². The van der Waals surface area contributed by atoms with Crippen molar-refractivity contribution in [2.45, 2.75) is 19.9 Å². The first-order valence-corrected chi connectivity index (χ1v) is 9.55. The van der Waals surface area contributed by atoms with Crippen molar-refractivity contribution in [2.75, 3.05) is 5.32 Å². The van der Waals surface area contributed by atoms with Gasteiger partial charge in [-0.15, -0.1) is 10.2 Å². The Bertz CT molecular complexity index is 1170.